The molecule has 10 aliphatic carbocycles. The molecule has 232 valence electrons. The van der Waals surface area contributed by atoms with Gasteiger partial charge in [-0.3, -0.25) is 4.79 Å². The SMILES string of the molecule is CC(CSC1CC2C(C1)C1CC2C2C3CC(S)C(C3)C12)C(=O)OCCSC1CC2CC1C1C3CC(C4CC(S)CC43)C21. The maximum absolute atomic E-state index is 12.9. The van der Waals surface area contributed by atoms with Gasteiger partial charge in [0.1, 0.15) is 6.61 Å². The minimum atomic E-state index is 0.0321. The van der Waals surface area contributed by atoms with Crippen LogP contribution in [0.25, 0.3) is 0 Å². The molecule has 6 heteroatoms. The van der Waals surface area contributed by atoms with E-state index in [9.17, 15) is 4.79 Å². The Morgan fingerprint density at radius 2 is 1.26 bits per heavy atom. The van der Waals surface area contributed by atoms with Gasteiger partial charge in [-0.15, -0.1) is 0 Å². The lowest BCUT2D eigenvalue weighted by Gasteiger charge is -2.43. The molecule has 21 atom stereocenters. The van der Waals surface area contributed by atoms with Crippen molar-refractivity contribution in [3.05, 3.63) is 0 Å². The molecule has 8 bridgehead atoms. The predicted octanol–water partition coefficient (Wildman–Crippen LogP) is 7.86. The third-order valence-corrected chi connectivity index (χ3v) is 20.3. The van der Waals surface area contributed by atoms with Crippen LogP contribution < -0.4 is 0 Å². The molecule has 0 aliphatic heterocycles. The molecule has 10 rings (SSSR count). The summed E-state index contributed by atoms with van der Waals surface area (Å²) in [6.45, 7) is 2.74. The van der Waals surface area contributed by atoms with Crippen molar-refractivity contribution in [3.63, 3.8) is 0 Å². The average Bonchev–Trinajstić information content (AvgIpc) is 3.80. The standard InChI is InChI=1S/C36H52O2S4/c1-15(14-42-19-10-22-23(11-19)27-13-25(22)32-16-4-28(34(27)32)30(40)6-16)36(37)38-2-3-41-31-7-17-5-29(31)35-26-12-24(33(17)35)20-8-18(39)9-21(20)26/h15-35,39-40H,2-14H2,1H3. The molecule has 0 amide bonds. The summed E-state index contributed by atoms with van der Waals surface area (Å²) < 4.78 is 5.88. The Kier molecular flexibility index (Phi) is 6.77. The highest BCUT2D eigenvalue weighted by Gasteiger charge is 2.69. The second kappa shape index (κ2) is 10.2. The number of hydrogen-bond donors (Lipinski definition) is 2. The number of carbonyl (C=O) groups is 1. The number of rotatable bonds is 8. The summed E-state index contributed by atoms with van der Waals surface area (Å²) in [5.41, 5.74) is 0. The molecular formula is C36H52O2S4. The number of esters is 1. The maximum atomic E-state index is 12.9. The molecule has 0 saturated heterocycles. The first-order valence-corrected chi connectivity index (χ1v) is 21.3. The number of fused-ring (bicyclic) bond motifs is 24. The van der Waals surface area contributed by atoms with E-state index in [2.05, 4.69) is 30.4 Å². The van der Waals surface area contributed by atoms with Crippen molar-refractivity contribution in [2.45, 2.75) is 92.1 Å². The molecule has 0 aromatic rings. The lowest BCUT2D eigenvalue weighted by Crippen LogP contribution is -2.39. The summed E-state index contributed by atoms with van der Waals surface area (Å²) in [6.07, 6.45) is 14.7. The highest BCUT2D eigenvalue weighted by Crippen LogP contribution is 2.75. The van der Waals surface area contributed by atoms with Crippen LogP contribution in [0.1, 0.15) is 71.1 Å². The van der Waals surface area contributed by atoms with Gasteiger partial charge in [0.15, 0.2) is 0 Å². The normalized spacial score (nSPS) is 60.7. The van der Waals surface area contributed by atoms with Crippen molar-refractivity contribution in [2.75, 3.05) is 18.1 Å². The van der Waals surface area contributed by atoms with Gasteiger partial charge in [0.05, 0.1) is 5.92 Å². The van der Waals surface area contributed by atoms with Crippen LogP contribution in [0.3, 0.4) is 0 Å². The molecule has 42 heavy (non-hydrogen) atoms. The quantitative estimate of drug-likeness (QED) is 0.122. The van der Waals surface area contributed by atoms with Crippen LogP contribution in [0.4, 0.5) is 0 Å². The summed E-state index contributed by atoms with van der Waals surface area (Å²) in [5.74, 6) is 18.3. The fourth-order valence-corrected chi connectivity index (χ4v) is 19.5. The van der Waals surface area contributed by atoms with Crippen LogP contribution in [-0.2, 0) is 9.53 Å². The zero-order valence-corrected chi connectivity index (χ0v) is 28.8. The van der Waals surface area contributed by atoms with Crippen LogP contribution in [-0.4, -0.2) is 45.1 Å². The molecule has 0 N–H and O–H groups in total. The van der Waals surface area contributed by atoms with Crippen LogP contribution in [0.5, 0.6) is 0 Å². The minimum Gasteiger partial charge on any atom is -0.465 e. The van der Waals surface area contributed by atoms with Crippen molar-refractivity contribution < 1.29 is 9.53 Å². The molecule has 10 fully saturated rings. The van der Waals surface area contributed by atoms with E-state index >= 15 is 0 Å². The van der Waals surface area contributed by atoms with Gasteiger partial charge in [-0.25, -0.2) is 0 Å². The summed E-state index contributed by atoms with van der Waals surface area (Å²) in [4.78, 5) is 12.9. The van der Waals surface area contributed by atoms with Gasteiger partial charge in [0.2, 0.25) is 0 Å². The Balaban J connectivity index is 0.671. The van der Waals surface area contributed by atoms with Gasteiger partial charge in [-0.1, -0.05) is 6.92 Å². The third kappa shape index (κ3) is 3.91. The van der Waals surface area contributed by atoms with E-state index in [4.69, 9.17) is 30.0 Å². The van der Waals surface area contributed by atoms with E-state index in [0.29, 0.717) is 17.1 Å². The molecule has 2 nitrogen and oxygen atoms in total. The molecular weight excluding hydrogens is 593 g/mol. The van der Waals surface area contributed by atoms with Gasteiger partial charge >= 0.3 is 5.97 Å². The van der Waals surface area contributed by atoms with E-state index in [0.717, 1.165) is 117 Å². The molecule has 0 aromatic carbocycles. The van der Waals surface area contributed by atoms with Crippen molar-refractivity contribution in [1.29, 1.82) is 0 Å². The second-order valence-corrected chi connectivity index (χ2v) is 21.6. The largest absolute Gasteiger partial charge is 0.465 e. The summed E-state index contributed by atoms with van der Waals surface area (Å²) in [7, 11) is 0. The Morgan fingerprint density at radius 1 is 0.667 bits per heavy atom. The first-order valence-electron chi connectivity index (χ1n) is 18.2. The average molecular weight is 645 g/mol. The lowest BCUT2D eigenvalue weighted by atomic mass is 9.64. The zero-order chi connectivity index (χ0) is 28.0. The van der Waals surface area contributed by atoms with Gasteiger partial charge in [0.25, 0.3) is 0 Å². The van der Waals surface area contributed by atoms with Crippen molar-refractivity contribution in [2.24, 2.45) is 101 Å². The van der Waals surface area contributed by atoms with E-state index in [-0.39, 0.29) is 11.9 Å². The van der Waals surface area contributed by atoms with Crippen LogP contribution in [0, 0.1) is 101 Å². The van der Waals surface area contributed by atoms with Gasteiger partial charge in [-0.05, 0) is 159 Å². The second-order valence-electron chi connectivity index (χ2n) is 17.5. The summed E-state index contributed by atoms with van der Waals surface area (Å²) >= 11 is 14.2. The fourth-order valence-electron chi connectivity index (χ4n) is 15.6. The van der Waals surface area contributed by atoms with E-state index in [1.54, 1.807) is 12.8 Å². The highest BCUT2D eigenvalue weighted by atomic mass is 32.2. The van der Waals surface area contributed by atoms with Crippen molar-refractivity contribution >= 4 is 54.8 Å². The number of thiol groups is 2. The molecule has 21 unspecified atom stereocenters. The van der Waals surface area contributed by atoms with E-state index < -0.39 is 0 Å². The Labute approximate surface area is 273 Å². The van der Waals surface area contributed by atoms with Crippen LogP contribution in [0.2, 0.25) is 0 Å². The molecule has 0 spiro atoms. The fraction of sp³-hybridized carbons (Fsp3) is 0.972. The molecule has 10 saturated carbocycles. The maximum Gasteiger partial charge on any atom is 0.309 e. The molecule has 0 heterocycles. The van der Waals surface area contributed by atoms with Crippen LogP contribution >= 0.6 is 48.8 Å². The van der Waals surface area contributed by atoms with Crippen molar-refractivity contribution in [1.82, 2.24) is 0 Å². The Bertz CT molecular complexity index is 1120. The number of thioether (sulfide) groups is 2. The van der Waals surface area contributed by atoms with Crippen LogP contribution in [0.15, 0.2) is 0 Å². The topological polar surface area (TPSA) is 26.3 Å². The van der Waals surface area contributed by atoms with Gasteiger partial charge in [-0.2, -0.15) is 48.8 Å². The first-order chi connectivity index (χ1) is 20.4. The van der Waals surface area contributed by atoms with Crippen molar-refractivity contribution in [3.8, 4) is 0 Å². The molecule has 0 aromatic heterocycles. The number of carbonyl (C=O) groups excluding carboxylic acids is 1. The number of ether oxygens (including phenoxy) is 1. The van der Waals surface area contributed by atoms with Gasteiger partial charge < -0.3 is 4.74 Å². The first kappa shape index (κ1) is 27.9. The minimum absolute atomic E-state index is 0.0321. The summed E-state index contributed by atoms with van der Waals surface area (Å²) in [6, 6.07) is 0. The Hall–Kier alpha value is 0.870. The monoisotopic (exact) mass is 644 g/mol. The molecule has 10 aliphatic rings. The smallest absolute Gasteiger partial charge is 0.309 e. The number of hydrogen-bond acceptors (Lipinski definition) is 6. The highest BCUT2D eigenvalue weighted by molar-refractivity contribution is 8.00. The van der Waals surface area contributed by atoms with E-state index in [1.807, 2.05) is 0 Å². The lowest BCUT2D eigenvalue weighted by molar-refractivity contribution is -0.146. The summed E-state index contributed by atoms with van der Waals surface area (Å²) in [5, 5.41) is 3.01. The third-order valence-electron chi connectivity index (χ3n) is 16.3. The zero-order valence-electron chi connectivity index (χ0n) is 25.3. The molecule has 0 radical (unpaired) electrons. The predicted molar refractivity (Wildman–Crippen MR) is 180 cm³/mol. The Morgan fingerprint density at radius 3 is 1.98 bits per heavy atom. The van der Waals surface area contributed by atoms with E-state index in [1.165, 1.54) is 51.4 Å². The van der Waals surface area contributed by atoms with Gasteiger partial charge in [0, 0.05) is 32.5 Å².